The topological polar surface area (TPSA) is 3.24 Å². The first-order chi connectivity index (χ1) is 31.4. The van der Waals surface area contributed by atoms with E-state index in [-0.39, 0.29) is 16.2 Å². The Hall–Kier alpha value is -5.60. The first-order valence-electron chi connectivity index (χ1n) is 24.8. The summed E-state index contributed by atoms with van der Waals surface area (Å²) < 4.78 is 0. The van der Waals surface area contributed by atoms with Crippen LogP contribution in [0.1, 0.15) is 147 Å². The molecule has 1 saturated carbocycles. The lowest BCUT2D eigenvalue weighted by molar-refractivity contribution is 0.332. The Morgan fingerprint density at radius 1 is 0.600 bits per heavy atom. The molecule has 0 spiro atoms. The summed E-state index contributed by atoms with van der Waals surface area (Å²) in [5, 5.41) is 0. The SMILES string of the molecule is Cc1cc2c(cc1C)N(c1cc3c(cc1C)C(C)(C)CCC3(C)C)c1cc(-c3ccccc3C)c(C3CC3)c(-c3cccc4c3/C=C\C=C/CC4(C3=CCCCC3)c3ccccc3)c1[B]2. The van der Waals surface area contributed by atoms with Gasteiger partial charge in [0.2, 0.25) is 0 Å². The minimum atomic E-state index is -0.264. The Balaban J connectivity index is 1.27. The third kappa shape index (κ3) is 6.87. The lowest BCUT2D eigenvalue weighted by atomic mass is 9.56. The average Bonchev–Trinajstić information content (AvgIpc) is 4.14. The van der Waals surface area contributed by atoms with E-state index in [2.05, 4.69) is 201 Å². The maximum absolute atomic E-state index is 2.69. The molecule has 1 unspecified atom stereocenters. The summed E-state index contributed by atoms with van der Waals surface area (Å²) in [6.45, 7) is 19.1. The van der Waals surface area contributed by atoms with E-state index in [9.17, 15) is 0 Å². The highest BCUT2D eigenvalue weighted by Crippen LogP contribution is 2.56. The van der Waals surface area contributed by atoms with E-state index in [1.165, 1.54) is 144 Å². The zero-order chi connectivity index (χ0) is 44.8. The highest BCUT2D eigenvalue weighted by Gasteiger charge is 2.43. The van der Waals surface area contributed by atoms with E-state index >= 15 is 0 Å². The van der Waals surface area contributed by atoms with E-state index in [0.717, 1.165) is 19.3 Å². The number of hydrogen-bond donors (Lipinski definition) is 0. The molecule has 5 aliphatic rings. The highest BCUT2D eigenvalue weighted by molar-refractivity contribution is 6.73. The van der Waals surface area contributed by atoms with Gasteiger partial charge in [-0.05, 0) is 204 Å². The number of allylic oxidation sites excluding steroid dienone is 5. The second-order valence-electron chi connectivity index (χ2n) is 21.7. The van der Waals surface area contributed by atoms with Gasteiger partial charge >= 0.3 is 0 Å². The maximum atomic E-state index is 2.69. The van der Waals surface area contributed by atoms with E-state index in [4.69, 9.17) is 0 Å². The third-order valence-corrected chi connectivity index (χ3v) is 16.5. The van der Waals surface area contributed by atoms with E-state index in [0.29, 0.717) is 5.92 Å². The molecule has 1 nitrogen and oxygen atoms in total. The van der Waals surface area contributed by atoms with Crippen LogP contribution in [0.4, 0.5) is 17.1 Å². The van der Waals surface area contributed by atoms with Gasteiger partial charge in [-0.2, -0.15) is 0 Å². The van der Waals surface area contributed by atoms with Crippen molar-refractivity contribution in [1.82, 2.24) is 0 Å². The maximum Gasteiger partial charge on any atom is 0.197 e. The van der Waals surface area contributed by atoms with Crippen molar-refractivity contribution in [3.05, 3.63) is 189 Å². The van der Waals surface area contributed by atoms with Crippen molar-refractivity contribution in [2.75, 3.05) is 4.90 Å². The van der Waals surface area contributed by atoms with Crippen LogP contribution < -0.4 is 15.8 Å². The predicted molar refractivity (Wildman–Crippen MR) is 280 cm³/mol. The number of nitrogens with zero attached hydrogens (tertiary/aromatic N) is 1. The molecule has 325 valence electrons. The van der Waals surface area contributed by atoms with Crippen molar-refractivity contribution in [2.45, 2.75) is 135 Å². The zero-order valence-corrected chi connectivity index (χ0v) is 40.2. The lowest BCUT2D eigenvalue weighted by Gasteiger charge is -2.44. The molecule has 0 N–H and O–H groups in total. The molecular weight excluding hydrogens is 782 g/mol. The largest absolute Gasteiger partial charge is 0.311 e. The number of aryl methyl sites for hydroxylation is 4. The molecule has 2 heteroatoms. The second-order valence-corrected chi connectivity index (χ2v) is 21.7. The van der Waals surface area contributed by atoms with Gasteiger partial charge in [-0.3, -0.25) is 0 Å². The summed E-state index contributed by atoms with van der Waals surface area (Å²) >= 11 is 0. The van der Waals surface area contributed by atoms with Crippen LogP contribution in [0.2, 0.25) is 0 Å². The summed E-state index contributed by atoms with van der Waals surface area (Å²) in [5.74, 6) is 0.495. The molecule has 65 heavy (non-hydrogen) atoms. The average molecular weight is 847 g/mol. The molecule has 6 aromatic carbocycles. The minimum Gasteiger partial charge on any atom is -0.311 e. The Morgan fingerprint density at radius 3 is 2.06 bits per heavy atom. The summed E-state index contributed by atoms with van der Waals surface area (Å²) in [5.41, 5.74) is 27.6. The fourth-order valence-electron chi connectivity index (χ4n) is 12.5. The molecule has 0 bridgehead atoms. The summed E-state index contributed by atoms with van der Waals surface area (Å²) in [4.78, 5) is 2.69. The molecule has 6 aromatic rings. The molecule has 0 saturated heterocycles. The van der Waals surface area contributed by atoms with E-state index < -0.39 is 0 Å². The van der Waals surface area contributed by atoms with Gasteiger partial charge in [-0.25, -0.2) is 0 Å². The molecule has 0 amide bonds. The van der Waals surface area contributed by atoms with Crippen molar-refractivity contribution in [2.24, 2.45) is 0 Å². The van der Waals surface area contributed by atoms with Gasteiger partial charge in [0.05, 0.1) is 0 Å². The van der Waals surface area contributed by atoms with Crippen LogP contribution in [0.25, 0.3) is 28.3 Å². The number of hydrogen-bond acceptors (Lipinski definition) is 1. The molecule has 4 aliphatic carbocycles. The smallest absolute Gasteiger partial charge is 0.197 e. The summed E-state index contributed by atoms with van der Waals surface area (Å²) in [7, 11) is 2.58. The quantitative estimate of drug-likeness (QED) is 0.119. The highest BCUT2D eigenvalue weighted by atomic mass is 15.2. The number of anilines is 3. The minimum absolute atomic E-state index is 0.0809. The molecule has 1 radical (unpaired) electrons. The fraction of sp³-hybridized carbons (Fsp3) is 0.333. The van der Waals surface area contributed by atoms with Crippen molar-refractivity contribution in [3.63, 3.8) is 0 Å². The zero-order valence-electron chi connectivity index (χ0n) is 40.2. The van der Waals surface area contributed by atoms with Gasteiger partial charge in [-0.15, -0.1) is 0 Å². The Bertz CT molecular complexity index is 2990. The third-order valence-electron chi connectivity index (χ3n) is 16.5. The monoisotopic (exact) mass is 847 g/mol. The number of fused-ring (bicyclic) bond motifs is 4. The van der Waals surface area contributed by atoms with Gasteiger partial charge in [0.15, 0.2) is 7.28 Å². The standard InChI is InChI=1S/C63H65BN/c1-40-21-17-18-26-47(40)50-38-57-60(64-54-36-41(2)42(3)37-56(54)65(57)55-39-53-52(35-43(55)4)61(5,6)33-34-62(53,7)8)59(58(50)44-30-31-44)49-28-20-29-51-48(49)27-16-11-19-32-63(51,45-22-12-9-13-23-45)46-24-14-10-15-25-46/h9,11-13,16-24,26-29,35-39,44H,10,14-15,25,30-34H2,1-8H3/b19-11-,27-16-. The number of benzene rings is 6. The van der Waals surface area contributed by atoms with Crippen LogP contribution in [-0.4, -0.2) is 7.28 Å². The molecule has 1 atom stereocenters. The Morgan fingerprint density at radius 2 is 1.32 bits per heavy atom. The van der Waals surface area contributed by atoms with E-state index in [1.54, 1.807) is 5.57 Å². The first kappa shape index (κ1) is 42.1. The van der Waals surface area contributed by atoms with Crippen molar-refractivity contribution in [1.29, 1.82) is 0 Å². The Kier molecular flexibility index (Phi) is 10.2. The molecule has 0 aromatic heterocycles. The summed E-state index contributed by atoms with van der Waals surface area (Å²) in [6, 6.07) is 40.7. The van der Waals surface area contributed by atoms with Crippen LogP contribution in [0.3, 0.4) is 0 Å². The molecule has 11 rings (SSSR count). The molecule has 1 aliphatic heterocycles. The first-order valence-corrected chi connectivity index (χ1v) is 24.8. The molecule has 1 fully saturated rings. The van der Waals surface area contributed by atoms with Gasteiger partial charge in [0.1, 0.15) is 0 Å². The van der Waals surface area contributed by atoms with Gasteiger partial charge in [0, 0.05) is 22.5 Å². The summed E-state index contributed by atoms with van der Waals surface area (Å²) in [6.07, 6.45) is 22.7. The van der Waals surface area contributed by atoms with Crippen LogP contribution >= 0.6 is 0 Å². The van der Waals surface area contributed by atoms with E-state index in [1.807, 2.05) is 0 Å². The normalized spacial score (nSPS) is 21.4. The lowest BCUT2D eigenvalue weighted by Crippen LogP contribution is -2.42. The van der Waals surface area contributed by atoms with Gasteiger partial charge in [0.25, 0.3) is 0 Å². The van der Waals surface area contributed by atoms with Crippen molar-refractivity contribution in [3.8, 4) is 22.3 Å². The second kappa shape index (κ2) is 15.8. The Labute approximate surface area is 390 Å². The molecular formula is C63H65BN. The fourth-order valence-corrected chi connectivity index (χ4v) is 12.5. The number of rotatable bonds is 6. The van der Waals surface area contributed by atoms with Gasteiger partial charge < -0.3 is 4.90 Å². The van der Waals surface area contributed by atoms with Crippen LogP contribution in [0.15, 0.2) is 133 Å². The van der Waals surface area contributed by atoms with Crippen molar-refractivity contribution >= 4 is 41.3 Å². The van der Waals surface area contributed by atoms with Crippen molar-refractivity contribution < 1.29 is 0 Å². The molecule has 1 heterocycles. The van der Waals surface area contributed by atoms with Crippen LogP contribution in [0.5, 0.6) is 0 Å². The van der Waals surface area contributed by atoms with Crippen LogP contribution in [0, 0.1) is 27.7 Å². The predicted octanol–water partition coefficient (Wildman–Crippen LogP) is 15.7. The van der Waals surface area contributed by atoms with Crippen LogP contribution in [-0.2, 0) is 16.2 Å². The van der Waals surface area contributed by atoms with Gasteiger partial charge in [-0.1, -0.05) is 154 Å².